The zero-order valence-corrected chi connectivity index (χ0v) is 41.2. The van der Waals surface area contributed by atoms with Gasteiger partial charge in [0.2, 0.25) is 5.75 Å². The zero-order valence-electron chi connectivity index (χ0n) is 38.2. The summed E-state index contributed by atoms with van der Waals surface area (Å²) in [5.41, 5.74) is 2.15. The van der Waals surface area contributed by atoms with Crippen LogP contribution in [0.3, 0.4) is 0 Å². The lowest BCUT2D eigenvalue weighted by Gasteiger charge is -2.46. The Labute approximate surface area is 351 Å². The molecule has 0 radical (unpaired) electrons. The summed E-state index contributed by atoms with van der Waals surface area (Å²) < 4.78 is 39.2. The fourth-order valence-electron chi connectivity index (χ4n) is 5.28. The molecule has 2 atom stereocenters. The number of carbonyl (C=O) groups is 1. The van der Waals surface area contributed by atoms with Crippen molar-refractivity contribution in [3.05, 3.63) is 93.5 Å². The van der Waals surface area contributed by atoms with Gasteiger partial charge in [-0.15, -0.1) is 0 Å². The van der Waals surface area contributed by atoms with Crippen LogP contribution in [0.2, 0.25) is 54.4 Å². The second-order valence-electron chi connectivity index (χ2n) is 19.7. The van der Waals surface area contributed by atoms with E-state index in [1.54, 1.807) is 31.2 Å². The van der Waals surface area contributed by atoms with Crippen molar-refractivity contribution < 1.29 is 37.2 Å². The van der Waals surface area contributed by atoms with Gasteiger partial charge < -0.3 is 27.5 Å². The molecule has 3 aromatic carbocycles. The van der Waals surface area contributed by atoms with E-state index >= 15 is 0 Å². The van der Waals surface area contributed by atoms with Gasteiger partial charge in [0.25, 0.3) is 0 Å². The Kier molecular flexibility index (Phi) is 16.4. The van der Waals surface area contributed by atoms with Crippen LogP contribution in [0.15, 0.2) is 66.7 Å². The maximum absolute atomic E-state index is 13.0. The van der Waals surface area contributed by atoms with Gasteiger partial charge in [0, 0.05) is 12.5 Å². The van der Waals surface area contributed by atoms with Gasteiger partial charge in [-0.1, -0.05) is 105 Å². The average Bonchev–Trinajstić information content (AvgIpc) is 3.10. The summed E-state index contributed by atoms with van der Waals surface area (Å²) in [7, 11) is -7.16. The highest BCUT2D eigenvalue weighted by molar-refractivity contribution is 6.75. The van der Waals surface area contributed by atoms with E-state index < -0.39 is 42.1 Å². The summed E-state index contributed by atoms with van der Waals surface area (Å²) in [6.07, 6.45) is -0.624. The van der Waals surface area contributed by atoms with Gasteiger partial charge in [-0.3, -0.25) is 14.9 Å². The third kappa shape index (κ3) is 13.3. The third-order valence-electron chi connectivity index (χ3n) is 12.1. The van der Waals surface area contributed by atoms with Crippen molar-refractivity contribution in [2.75, 3.05) is 13.2 Å². The van der Waals surface area contributed by atoms with Crippen molar-refractivity contribution in [3.8, 4) is 17.2 Å². The first-order valence-corrected chi connectivity index (χ1v) is 29.2. The number of aryl methyl sites for hydroxylation is 1. The van der Waals surface area contributed by atoms with Crippen molar-refractivity contribution in [3.63, 3.8) is 0 Å². The molecule has 13 heteroatoms. The Hall–Kier alpha value is -3.34. The molecule has 0 aliphatic carbocycles. The summed E-state index contributed by atoms with van der Waals surface area (Å²) >= 11 is 0. The van der Waals surface area contributed by atoms with Gasteiger partial charge in [0.15, 0.2) is 36.5 Å². The molecular weight excluding hydrogens is 783 g/mol. The van der Waals surface area contributed by atoms with Crippen molar-refractivity contribution in [1.82, 2.24) is 0 Å². The SMILES string of the molecule is CCOC(=O)CCc1ccc(OCc2ccccc2)c(Oc2ccc([C@@H](O[Si](C)(C)C(C)(C)C)[C@@H](CO[Si](C)(C)C(C)(C)C)O[Si](C)(C)C(C)(C)C)cc2[N+](=O)[O-])c1. The number of nitro benzene ring substituents is 1. The van der Waals surface area contributed by atoms with Crippen LogP contribution in [0, 0.1) is 10.1 Å². The normalized spacial score (nSPS) is 14.1. The first kappa shape index (κ1) is 49.0. The Morgan fingerprint density at radius 2 is 1.28 bits per heavy atom. The quantitative estimate of drug-likeness (QED) is 0.0503. The van der Waals surface area contributed by atoms with E-state index in [1.165, 1.54) is 0 Å². The van der Waals surface area contributed by atoms with Gasteiger partial charge in [-0.05, 0) is 103 Å². The highest BCUT2D eigenvalue weighted by Gasteiger charge is 2.47. The molecule has 0 spiro atoms. The summed E-state index contributed by atoms with van der Waals surface area (Å²) in [6, 6.07) is 20.2. The van der Waals surface area contributed by atoms with Crippen LogP contribution < -0.4 is 9.47 Å². The molecule has 0 unspecified atom stereocenters. The van der Waals surface area contributed by atoms with E-state index in [4.69, 9.17) is 27.5 Å². The van der Waals surface area contributed by atoms with Gasteiger partial charge >= 0.3 is 11.7 Å². The van der Waals surface area contributed by atoms with E-state index in [2.05, 4.69) is 102 Å². The van der Waals surface area contributed by atoms with Crippen LogP contribution in [-0.4, -0.2) is 55.2 Å². The summed E-state index contributed by atoms with van der Waals surface area (Å²) in [5, 5.41) is 12.7. The number of benzene rings is 3. The minimum Gasteiger partial charge on any atom is -0.485 e. The topological polar surface area (TPSA) is 116 Å². The lowest BCUT2D eigenvalue weighted by molar-refractivity contribution is -0.385. The number of hydrogen-bond acceptors (Lipinski definition) is 9. The first-order chi connectivity index (χ1) is 26.6. The molecule has 58 heavy (non-hydrogen) atoms. The van der Waals surface area contributed by atoms with Crippen molar-refractivity contribution >= 4 is 36.6 Å². The fourth-order valence-corrected chi connectivity index (χ4v) is 8.87. The molecule has 0 bridgehead atoms. The summed E-state index contributed by atoms with van der Waals surface area (Å²) in [5.74, 6) is 0.447. The number of nitro groups is 1. The van der Waals surface area contributed by atoms with E-state index in [0.717, 1.165) is 11.1 Å². The number of esters is 1. The predicted octanol–water partition coefficient (Wildman–Crippen LogP) is 12.9. The van der Waals surface area contributed by atoms with Crippen molar-refractivity contribution in [1.29, 1.82) is 0 Å². The molecule has 0 heterocycles. The van der Waals surface area contributed by atoms with Gasteiger partial charge in [0.1, 0.15) is 6.61 Å². The number of rotatable bonds is 19. The minimum absolute atomic E-state index is 0.0398. The molecule has 0 aromatic heterocycles. The molecular formula is C45H71NO9Si3. The maximum atomic E-state index is 13.0. The van der Waals surface area contributed by atoms with Crippen molar-refractivity contribution in [2.24, 2.45) is 0 Å². The Morgan fingerprint density at radius 1 is 0.707 bits per heavy atom. The second-order valence-corrected chi connectivity index (χ2v) is 34.1. The monoisotopic (exact) mass is 853 g/mol. The van der Waals surface area contributed by atoms with Crippen LogP contribution in [-0.2, 0) is 35.8 Å². The Balaban J connectivity index is 2.19. The molecule has 0 saturated heterocycles. The van der Waals surface area contributed by atoms with E-state index in [9.17, 15) is 14.9 Å². The molecule has 0 amide bonds. The molecule has 0 N–H and O–H groups in total. The lowest BCUT2D eigenvalue weighted by atomic mass is 10.0. The van der Waals surface area contributed by atoms with Crippen LogP contribution in [0.5, 0.6) is 17.2 Å². The molecule has 10 nitrogen and oxygen atoms in total. The fraction of sp³-hybridized carbons (Fsp3) is 0.578. The standard InChI is InChI=1S/C45H71NO9Si3/c1-17-50-41(47)28-24-33-23-26-38(51-31-34-21-19-18-20-22-34)39(29-33)53-37-27-25-35(30-36(37)46(48)49)42(55-58(15,16)45(8,9)10)40(54-57(13,14)44(5,6)7)32-52-56(11,12)43(2,3)4/h18-23,25-27,29-30,40,42H,17,24,28,31-32H2,1-16H3/t40-,42-/m1/s1. The zero-order chi connectivity index (χ0) is 43.9. The number of nitrogens with zero attached hydrogens (tertiary/aromatic N) is 1. The second kappa shape index (κ2) is 19.4. The van der Waals surface area contributed by atoms with Crippen LogP contribution in [0.25, 0.3) is 0 Å². The Morgan fingerprint density at radius 3 is 1.83 bits per heavy atom. The smallest absolute Gasteiger partial charge is 0.311 e. The summed E-state index contributed by atoms with van der Waals surface area (Å²) in [4.78, 5) is 24.8. The van der Waals surface area contributed by atoms with E-state index in [0.29, 0.717) is 30.1 Å². The van der Waals surface area contributed by atoms with Crippen LogP contribution in [0.4, 0.5) is 5.69 Å². The third-order valence-corrected chi connectivity index (χ3v) is 25.6. The van der Waals surface area contributed by atoms with Crippen LogP contribution >= 0.6 is 0 Å². The minimum atomic E-state index is -2.50. The molecule has 0 aliphatic rings. The van der Waals surface area contributed by atoms with Gasteiger partial charge in [0.05, 0.1) is 30.3 Å². The lowest BCUT2D eigenvalue weighted by Crippen LogP contribution is -2.52. The molecule has 322 valence electrons. The highest BCUT2D eigenvalue weighted by atomic mass is 28.4. The average molecular weight is 854 g/mol. The van der Waals surface area contributed by atoms with Gasteiger partial charge in [-0.25, -0.2) is 0 Å². The van der Waals surface area contributed by atoms with Crippen molar-refractivity contribution in [2.45, 2.75) is 155 Å². The summed E-state index contributed by atoms with van der Waals surface area (Å²) in [6.45, 7) is 35.7. The van der Waals surface area contributed by atoms with E-state index in [-0.39, 0.29) is 52.2 Å². The molecule has 3 aromatic rings. The Bertz CT molecular complexity index is 1830. The maximum Gasteiger partial charge on any atom is 0.311 e. The molecule has 3 rings (SSSR count). The first-order valence-electron chi connectivity index (χ1n) is 20.5. The largest absolute Gasteiger partial charge is 0.485 e. The molecule has 0 saturated carbocycles. The highest BCUT2D eigenvalue weighted by Crippen LogP contribution is 2.46. The molecule has 0 fully saturated rings. The molecule has 0 aliphatic heterocycles. The number of hydrogen-bond donors (Lipinski definition) is 0. The van der Waals surface area contributed by atoms with E-state index in [1.807, 2.05) is 42.5 Å². The number of carbonyl (C=O) groups excluding carboxylic acids is 1. The predicted molar refractivity (Wildman–Crippen MR) is 242 cm³/mol. The van der Waals surface area contributed by atoms with Gasteiger partial charge in [-0.2, -0.15) is 0 Å². The number of ether oxygens (including phenoxy) is 3. The van der Waals surface area contributed by atoms with Crippen LogP contribution in [0.1, 0.15) is 98.5 Å².